The first kappa shape index (κ1) is 38.3. The Bertz CT molecular complexity index is 985. The molecule has 10 nitrogen and oxygen atoms in total. The molecule has 2 atom stereocenters. The van der Waals surface area contributed by atoms with Crippen LogP contribution in [0.2, 0.25) is 0 Å². The average molecular weight is 621 g/mol. The smallest absolute Gasteiger partial charge is 0.321 e. The van der Waals surface area contributed by atoms with Crippen LogP contribution in [-0.2, 0) is 24.9 Å². The maximum atomic E-state index is 14.2. The van der Waals surface area contributed by atoms with Crippen LogP contribution in [0.15, 0.2) is 12.7 Å². The highest BCUT2D eigenvalue weighted by atomic mass is 31.1. The monoisotopic (exact) mass is 620 g/mol. The summed E-state index contributed by atoms with van der Waals surface area (Å²) in [4.78, 5) is 12.3. The number of anilines is 1. The van der Waals surface area contributed by atoms with Gasteiger partial charge in [0.1, 0.15) is 11.8 Å². The molecule has 5 N–H and O–H groups in total. The van der Waals surface area contributed by atoms with Crippen molar-refractivity contribution in [2.24, 2.45) is 0 Å². The van der Waals surface area contributed by atoms with Crippen molar-refractivity contribution in [1.29, 1.82) is 0 Å². The second kappa shape index (κ2) is 22.8. The van der Waals surface area contributed by atoms with Crippen molar-refractivity contribution in [1.82, 2.24) is 25.7 Å². The van der Waals surface area contributed by atoms with Gasteiger partial charge >= 0.3 is 8.25 Å². The lowest BCUT2D eigenvalue weighted by Crippen LogP contribution is -2.17. The van der Waals surface area contributed by atoms with Gasteiger partial charge in [-0.05, 0) is 19.8 Å². The molecule has 2 rings (SSSR count). The number of ether oxygens (including phenoxy) is 1. The molecule has 0 amide bonds. The van der Waals surface area contributed by atoms with E-state index in [0.717, 1.165) is 19.3 Å². The largest absolute Gasteiger partial charge is 0.382 e. The van der Waals surface area contributed by atoms with Crippen molar-refractivity contribution >= 4 is 25.2 Å². The molecular formula is C29H55F2N6O4P. The number of nitrogen functional groups attached to an aromatic ring is 1. The molecule has 0 saturated carbocycles. The Balaban J connectivity index is 0.00000882. The minimum absolute atomic E-state index is 0. The van der Waals surface area contributed by atoms with E-state index in [0.29, 0.717) is 29.9 Å². The van der Waals surface area contributed by atoms with Crippen LogP contribution in [0.25, 0.3) is 11.2 Å². The highest BCUT2D eigenvalue weighted by Crippen LogP contribution is 2.29. The lowest BCUT2D eigenvalue weighted by Gasteiger charge is -2.16. The summed E-state index contributed by atoms with van der Waals surface area (Å²) < 4.78 is 57.7. The number of alkyl halides is 2. The van der Waals surface area contributed by atoms with E-state index in [4.69, 9.17) is 19.5 Å². The standard InChI is InChI=1S/C29H52F2N5O4P.H3N/c1-3-4-5-6-7-8-9-10-11-12-13-14-15-16-18-29(30,31)19-17-20-39-41(37)40-24-38-25(2)21-36-23-35-26-27(32)33-22-34-28(26)36;/h22-23,25,41H,3-21,24H2,1-2H3,(H2,32,33,34);1H3/t25-;/m1./s1. The van der Waals surface area contributed by atoms with Crippen molar-refractivity contribution < 1.29 is 27.1 Å². The van der Waals surface area contributed by atoms with E-state index in [1.807, 2.05) is 6.92 Å². The highest BCUT2D eigenvalue weighted by molar-refractivity contribution is 7.33. The number of unbranched alkanes of at least 4 members (excludes halogenated alkanes) is 13. The average Bonchev–Trinajstić information content (AvgIpc) is 3.35. The molecule has 0 saturated heterocycles. The molecular weight excluding hydrogens is 565 g/mol. The number of nitrogens with two attached hydrogens (primary N) is 1. The lowest BCUT2D eigenvalue weighted by molar-refractivity contribution is -0.0389. The third kappa shape index (κ3) is 16.8. The predicted molar refractivity (Wildman–Crippen MR) is 165 cm³/mol. The number of rotatable bonds is 26. The molecule has 1 unspecified atom stereocenters. The van der Waals surface area contributed by atoms with Crippen LogP contribution < -0.4 is 11.9 Å². The Morgan fingerprint density at radius 2 is 1.45 bits per heavy atom. The van der Waals surface area contributed by atoms with E-state index >= 15 is 0 Å². The van der Waals surface area contributed by atoms with Gasteiger partial charge in [-0.15, -0.1) is 0 Å². The van der Waals surface area contributed by atoms with Gasteiger partial charge in [0.05, 0.1) is 25.6 Å². The molecule has 0 aliphatic heterocycles. The van der Waals surface area contributed by atoms with Crippen LogP contribution in [0.1, 0.15) is 123 Å². The Morgan fingerprint density at radius 3 is 2.07 bits per heavy atom. The quantitative estimate of drug-likeness (QED) is 0.0598. The third-order valence-electron chi connectivity index (χ3n) is 7.22. The van der Waals surface area contributed by atoms with Crippen LogP contribution >= 0.6 is 8.25 Å². The predicted octanol–water partition coefficient (Wildman–Crippen LogP) is 8.64. The minimum Gasteiger partial charge on any atom is -0.382 e. The van der Waals surface area contributed by atoms with E-state index in [9.17, 15) is 13.3 Å². The zero-order chi connectivity index (χ0) is 29.8. The van der Waals surface area contributed by atoms with Gasteiger partial charge < -0.3 is 25.7 Å². The first-order valence-electron chi connectivity index (χ1n) is 15.5. The van der Waals surface area contributed by atoms with Gasteiger partial charge in [0, 0.05) is 12.8 Å². The summed E-state index contributed by atoms with van der Waals surface area (Å²) in [7, 11) is -2.82. The Kier molecular flexibility index (Phi) is 20.8. The molecule has 244 valence electrons. The minimum atomic E-state index is -2.82. The fraction of sp³-hybridized carbons (Fsp3) is 0.828. The van der Waals surface area contributed by atoms with Crippen LogP contribution in [-0.4, -0.2) is 44.9 Å². The van der Waals surface area contributed by atoms with Crippen molar-refractivity contribution in [2.45, 2.75) is 142 Å². The summed E-state index contributed by atoms with van der Waals surface area (Å²) in [5.74, 6) is -2.42. The topological polar surface area (TPSA) is 149 Å². The first-order chi connectivity index (χ1) is 19.8. The number of hydrogen-bond acceptors (Lipinski definition) is 9. The van der Waals surface area contributed by atoms with E-state index in [-0.39, 0.29) is 44.9 Å². The summed E-state index contributed by atoms with van der Waals surface area (Å²) in [6.07, 6.45) is 19.2. The molecule has 0 bridgehead atoms. The molecule has 0 fully saturated rings. The van der Waals surface area contributed by atoms with Crippen molar-refractivity contribution in [3.8, 4) is 0 Å². The third-order valence-corrected chi connectivity index (χ3v) is 8.01. The lowest BCUT2D eigenvalue weighted by atomic mass is 10.0. The molecule has 13 heteroatoms. The van der Waals surface area contributed by atoms with E-state index in [1.165, 1.54) is 70.5 Å². The number of imidazole rings is 1. The maximum absolute atomic E-state index is 14.2. The van der Waals surface area contributed by atoms with Gasteiger partial charge in [-0.3, -0.25) is 9.09 Å². The Morgan fingerprint density at radius 1 is 0.881 bits per heavy atom. The molecule has 42 heavy (non-hydrogen) atoms. The van der Waals surface area contributed by atoms with E-state index in [2.05, 4.69) is 21.9 Å². The summed E-state index contributed by atoms with van der Waals surface area (Å²) in [6, 6.07) is 0. The first-order valence-corrected chi connectivity index (χ1v) is 16.7. The SMILES string of the molecule is CCCCCCCCCCCCCCCCC(F)(F)CCCO[PH](=O)OCO[C@H](C)Cn1cnc2c(N)ncnc21.N. The summed E-state index contributed by atoms with van der Waals surface area (Å²) in [5.41, 5.74) is 6.89. The molecule has 2 aromatic rings. The van der Waals surface area contributed by atoms with Gasteiger partial charge in [0.2, 0.25) is 5.92 Å². The van der Waals surface area contributed by atoms with Crippen molar-refractivity contribution in [2.75, 3.05) is 19.1 Å². The van der Waals surface area contributed by atoms with Gasteiger partial charge in [0.25, 0.3) is 0 Å². The molecule has 2 heterocycles. The normalized spacial score (nSPS) is 13.3. The molecule has 0 aliphatic rings. The number of aromatic nitrogens is 4. The Hall–Kier alpha value is -1.72. The second-order valence-electron chi connectivity index (χ2n) is 11.0. The zero-order valence-corrected chi connectivity index (χ0v) is 26.8. The van der Waals surface area contributed by atoms with Gasteiger partial charge in [-0.25, -0.2) is 23.7 Å². The fourth-order valence-corrected chi connectivity index (χ4v) is 5.35. The van der Waals surface area contributed by atoms with Gasteiger partial charge in [-0.1, -0.05) is 90.4 Å². The maximum Gasteiger partial charge on any atom is 0.321 e. The van der Waals surface area contributed by atoms with Crippen LogP contribution in [0.5, 0.6) is 0 Å². The number of fused-ring (bicyclic) bond motifs is 1. The van der Waals surface area contributed by atoms with Crippen LogP contribution in [0.3, 0.4) is 0 Å². The molecule has 0 aliphatic carbocycles. The number of hydrogen-bond donors (Lipinski definition) is 2. The van der Waals surface area contributed by atoms with E-state index in [1.54, 1.807) is 10.9 Å². The Labute approximate surface area is 251 Å². The summed E-state index contributed by atoms with van der Waals surface area (Å²) >= 11 is 0. The second-order valence-corrected chi connectivity index (χ2v) is 12.0. The van der Waals surface area contributed by atoms with Crippen molar-refractivity contribution in [3.63, 3.8) is 0 Å². The number of nitrogens with zero attached hydrogens (tertiary/aromatic N) is 4. The summed E-state index contributed by atoms with van der Waals surface area (Å²) in [6.45, 7) is 4.21. The van der Waals surface area contributed by atoms with Gasteiger partial charge in [-0.2, -0.15) is 0 Å². The summed E-state index contributed by atoms with van der Waals surface area (Å²) in [5, 5.41) is 0. The van der Waals surface area contributed by atoms with Gasteiger partial charge in [0.15, 0.2) is 18.3 Å². The number of halogens is 2. The molecule has 0 aromatic carbocycles. The van der Waals surface area contributed by atoms with Crippen LogP contribution in [0.4, 0.5) is 14.6 Å². The van der Waals surface area contributed by atoms with Crippen LogP contribution in [0, 0.1) is 0 Å². The zero-order valence-electron chi connectivity index (χ0n) is 25.8. The fourth-order valence-electron chi connectivity index (χ4n) is 4.79. The van der Waals surface area contributed by atoms with E-state index < -0.39 is 14.2 Å². The molecule has 2 aromatic heterocycles. The molecule has 0 radical (unpaired) electrons. The highest BCUT2D eigenvalue weighted by Gasteiger charge is 2.27. The molecule has 0 spiro atoms. The van der Waals surface area contributed by atoms with Crippen molar-refractivity contribution in [3.05, 3.63) is 12.7 Å².